The van der Waals surface area contributed by atoms with Crippen LogP contribution in [0.4, 0.5) is 0 Å². The number of aromatic nitrogens is 2. The Kier molecular flexibility index (Phi) is 8.82. The van der Waals surface area contributed by atoms with Crippen LogP contribution in [0.25, 0.3) is 0 Å². The average molecular weight is 479 g/mol. The van der Waals surface area contributed by atoms with E-state index in [1.165, 1.54) is 41.7 Å². The molecule has 1 aromatic carbocycles. The number of fused-ring (bicyclic) bond motifs is 1. The van der Waals surface area contributed by atoms with E-state index in [2.05, 4.69) is 68.8 Å². The molecule has 1 aliphatic heterocycles. The maximum Gasteiger partial charge on any atom is 0.311 e. The number of hydrogen-bond acceptors (Lipinski definition) is 5. The third kappa shape index (κ3) is 7.09. The number of benzene rings is 1. The van der Waals surface area contributed by atoms with Crippen molar-refractivity contribution in [3.05, 3.63) is 52.3 Å². The number of ether oxygens (including phenoxy) is 1. The van der Waals surface area contributed by atoms with Crippen molar-refractivity contribution in [1.82, 2.24) is 10.2 Å². The van der Waals surface area contributed by atoms with Crippen LogP contribution in [0.15, 0.2) is 29.2 Å². The minimum absolute atomic E-state index is 0.107. The van der Waals surface area contributed by atoms with Crippen molar-refractivity contribution < 1.29 is 9.53 Å². The molecule has 0 unspecified atom stereocenters. The predicted octanol–water partition coefficient (Wildman–Crippen LogP) is 6.66. The van der Waals surface area contributed by atoms with Crippen molar-refractivity contribution in [3.63, 3.8) is 0 Å². The van der Waals surface area contributed by atoms with E-state index in [4.69, 9.17) is 4.74 Å². The van der Waals surface area contributed by atoms with Crippen LogP contribution in [-0.2, 0) is 27.8 Å². The predicted molar refractivity (Wildman–Crippen MR) is 140 cm³/mol. The van der Waals surface area contributed by atoms with E-state index < -0.39 is 0 Å². The Morgan fingerprint density at radius 2 is 1.85 bits per heavy atom. The summed E-state index contributed by atoms with van der Waals surface area (Å²) in [6.07, 6.45) is 7.24. The number of thioether (sulfide) groups is 1. The Morgan fingerprint density at radius 3 is 2.53 bits per heavy atom. The second kappa shape index (κ2) is 11.4. The van der Waals surface area contributed by atoms with Gasteiger partial charge in [-0.25, -0.2) is 0 Å². The monoisotopic (exact) mass is 478 g/mol. The molecule has 1 aliphatic rings. The van der Waals surface area contributed by atoms with Crippen molar-refractivity contribution in [2.24, 2.45) is 0 Å². The molecule has 0 atom stereocenters. The fourth-order valence-corrected chi connectivity index (χ4v) is 6.48. The summed E-state index contributed by atoms with van der Waals surface area (Å²) in [7, 11) is 0. The first kappa shape index (κ1) is 26.3. The lowest BCUT2D eigenvalue weighted by atomic mass is 9.76. The topological polar surface area (TPSA) is 52.1 Å². The van der Waals surface area contributed by atoms with Gasteiger partial charge in [-0.1, -0.05) is 59.8 Å². The van der Waals surface area contributed by atoms with Crippen LogP contribution in [0, 0.1) is 11.8 Å². The molecule has 34 heavy (non-hydrogen) atoms. The second-order valence-corrected chi connectivity index (χ2v) is 12.1. The molecule has 2 heterocycles. The van der Waals surface area contributed by atoms with Gasteiger partial charge in [0.2, 0.25) is 0 Å². The zero-order valence-corrected chi connectivity index (χ0v) is 22.4. The number of carbonyl (C=O) groups is 1. The van der Waals surface area contributed by atoms with Crippen LogP contribution >= 0.6 is 11.8 Å². The number of esters is 1. The summed E-state index contributed by atoms with van der Waals surface area (Å²) < 4.78 is 5.21. The van der Waals surface area contributed by atoms with E-state index in [0.29, 0.717) is 18.0 Å². The molecule has 1 aromatic heterocycles. The standard InChI is InChI=1S/C29H38N2O2S/c1-7-9-10-11-12-21-18-26-25(28(3,4)20-29(5,6)34-26)17-22(21)13-14-23-15-16-24(31-30-23)19-27(32)33-8-2/h15-18H,7-12,19-20H2,1-6H3. The Hall–Kier alpha value is -2.32. The minimum Gasteiger partial charge on any atom is -0.466 e. The quantitative estimate of drug-likeness (QED) is 0.241. The number of aryl methyl sites for hydroxylation is 1. The van der Waals surface area contributed by atoms with E-state index >= 15 is 0 Å². The van der Waals surface area contributed by atoms with Crippen molar-refractivity contribution in [2.75, 3.05) is 6.61 Å². The first-order chi connectivity index (χ1) is 16.1. The van der Waals surface area contributed by atoms with Crippen LogP contribution in [0.3, 0.4) is 0 Å². The molecule has 0 saturated carbocycles. The second-order valence-electron chi connectivity index (χ2n) is 10.4. The van der Waals surface area contributed by atoms with Gasteiger partial charge in [0.15, 0.2) is 0 Å². The van der Waals surface area contributed by atoms with E-state index in [-0.39, 0.29) is 22.6 Å². The molecule has 2 aromatic rings. The maximum atomic E-state index is 11.7. The molecule has 0 fully saturated rings. The summed E-state index contributed by atoms with van der Waals surface area (Å²) in [6.45, 7) is 13.8. The van der Waals surface area contributed by atoms with Crippen LogP contribution in [0.1, 0.15) is 102 Å². The molecule has 0 amide bonds. The first-order valence-corrected chi connectivity index (χ1v) is 13.3. The van der Waals surface area contributed by atoms with Gasteiger partial charge < -0.3 is 4.74 Å². The Balaban J connectivity index is 1.89. The number of unbranched alkanes of at least 4 members (excludes halogenated alkanes) is 3. The molecule has 0 aliphatic carbocycles. The van der Waals surface area contributed by atoms with Gasteiger partial charge in [-0.3, -0.25) is 4.79 Å². The third-order valence-electron chi connectivity index (χ3n) is 6.16. The van der Waals surface area contributed by atoms with Crippen molar-refractivity contribution in [3.8, 4) is 11.8 Å². The molecule has 0 saturated heterocycles. The third-order valence-corrected chi connectivity index (χ3v) is 7.42. The van der Waals surface area contributed by atoms with E-state index in [9.17, 15) is 4.79 Å². The smallest absolute Gasteiger partial charge is 0.311 e. The van der Waals surface area contributed by atoms with Gasteiger partial charge in [0.05, 0.1) is 18.7 Å². The summed E-state index contributed by atoms with van der Waals surface area (Å²) in [6, 6.07) is 8.35. The zero-order chi connectivity index (χ0) is 24.8. The number of rotatable bonds is 8. The van der Waals surface area contributed by atoms with Gasteiger partial charge in [0.25, 0.3) is 0 Å². The Labute approximate surface area is 209 Å². The van der Waals surface area contributed by atoms with Gasteiger partial charge in [-0.05, 0) is 72.9 Å². The van der Waals surface area contributed by atoms with Gasteiger partial charge in [-0.15, -0.1) is 16.9 Å². The van der Waals surface area contributed by atoms with Crippen LogP contribution in [-0.4, -0.2) is 27.5 Å². The zero-order valence-electron chi connectivity index (χ0n) is 21.6. The lowest BCUT2D eigenvalue weighted by Crippen LogP contribution is -2.33. The molecule has 5 heteroatoms. The van der Waals surface area contributed by atoms with E-state index in [1.54, 1.807) is 13.0 Å². The van der Waals surface area contributed by atoms with E-state index in [1.807, 2.05) is 17.8 Å². The molecule has 0 spiro atoms. The molecular weight excluding hydrogens is 440 g/mol. The molecular formula is C29H38N2O2S. The summed E-state index contributed by atoms with van der Waals surface area (Å²) >= 11 is 2.00. The normalized spacial score (nSPS) is 15.7. The largest absolute Gasteiger partial charge is 0.466 e. The lowest BCUT2D eigenvalue weighted by Gasteiger charge is -2.42. The molecule has 3 rings (SSSR count). The summed E-state index contributed by atoms with van der Waals surface area (Å²) in [5.74, 6) is 6.33. The SMILES string of the molecule is CCCCCCc1cc2c(cc1C#Cc1ccc(CC(=O)OCC)nn1)C(C)(C)CC(C)(C)S2. The highest BCUT2D eigenvalue weighted by molar-refractivity contribution is 8.00. The van der Waals surface area contributed by atoms with Crippen molar-refractivity contribution in [2.45, 2.75) is 102 Å². The van der Waals surface area contributed by atoms with Gasteiger partial charge in [0, 0.05) is 15.2 Å². The van der Waals surface area contributed by atoms with Gasteiger partial charge in [0.1, 0.15) is 5.69 Å². The highest BCUT2D eigenvalue weighted by Gasteiger charge is 2.38. The fourth-order valence-electron chi connectivity index (χ4n) is 4.81. The highest BCUT2D eigenvalue weighted by atomic mass is 32.2. The lowest BCUT2D eigenvalue weighted by molar-refractivity contribution is -0.142. The summed E-state index contributed by atoms with van der Waals surface area (Å²) in [5, 5.41) is 8.38. The van der Waals surface area contributed by atoms with Crippen molar-refractivity contribution >= 4 is 17.7 Å². The Bertz CT molecular complexity index is 1060. The maximum absolute atomic E-state index is 11.7. The molecule has 0 bridgehead atoms. The molecule has 4 nitrogen and oxygen atoms in total. The number of nitrogens with zero attached hydrogens (tertiary/aromatic N) is 2. The van der Waals surface area contributed by atoms with Crippen molar-refractivity contribution in [1.29, 1.82) is 0 Å². The van der Waals surface area contributed by atoms with Gasteiger partial charge in [-0.2, -0.15) is 5.10 Å². The summed E-state index contributed by atoms with van der Waals surface area (Å²) in [5.41, 5.74) is 5.13. The highest BCUT2D eigenvalue weighted by Crippen LogP contribution is 2.51. The molecule has 0 N–H and O–H groups in total. The average Bonchev–Trinajstić information content (AvgIpc) is 2.75. The minimum atomic E-state index is -0.291. The molecule has 182 valence electrons. The van der Waals surface area contributed by atoms with Crippen LogP contribution in [0.5, 0.6) is 0 Å². The van der Waals surface area contributed by atoms with Gasteiger partial charge >= 0.3 is 5.97 Å². The number of hydrogen-bond donors (Lipinski definition) is 0. The van der Waals surface area contributed by atoms with Crippen LogP contribution in [0.2, 0.25) is 0 Å². The first-order valence-electron chi connectivity index (χ1n) is 12.5. The fraction of sp³-hybridized carbons (Fsp3) is 0.552. The molecule has 0 radical (unpaired) electrons. The number of carbonyl (C=O) groups excluding carboxylic acids is 1. The van der Waals surface area contributed by atoms with E-state index in [0.717, 1.165) is 18.4 Å². The summed E-state index contributed by atoms with van der Waals surface area (Å²) in [4.78, 5) is 13.1. The Morgan fingerprint density at radius 1 is 1.06 bits per heavy atom. The van der Waals surface area contributed by atoms with Crippen LogP contribution < -0.4 is 0 Å².